The van der Waals surface area contributed by atoms with E-state index in [9.17, 15) is 24.1 Å². The van der Waals surface area contributed by atoms with Crippen molar-refractivity contribution in [1.82, 2.24) is 5.32 Å². The first-order chi connectivity index (χ1) is 18.7. The highest BCUT2D eigenvalue weighted by atomic mass is 31.2. The van der Waals surface area contributed by atoms with Crippen molar-refractivity contribution in [2.45, 2.75) is 19.6 Å². The number of nitrogens with one attached hydrogen (secondary N) is 1. The number of benzene rings is 3. The molecule has 0 heterocycles. The Hall–Kier alpha value is -3.98. The second kappa shape index (κ2) is 11.8. The molecule has 10 nitrogen and oxygen atoms in total. The molecule has 3 aromatic rings. The lowest BCUT2D eigenvalue weighted by Gasteiger charge is -2.27. The van der Waals surface area contributed by atoms with E-state index in [1.54, 1.807) is 56.3 Å². The average molecular weight is 554 g/mol. The summed E-state index contributed by atoms with van der Waals surface area (Å²) in [5.74, 6) is -3.05. The molecule has 1 aliphatic rings. The van der Waals surface area contributed by atoms with Crippen molar-refractivity contribution in [1.29, 1.82) is 0 Å². The van der Waals surface area contributed by atoms with E-state index in [0.29, 0.717) is 11.3 Å². The van der Waals surface area contributed by atoms with E-state index in [4.69, 9.17) is 18.5 Å². The van der Waals surface area contributed by atoms with Crippen LogP contribution in [0.5, 0.6) is 17.2 Å². The molecule has 1 amide bonds. The standard InChI is InChI=1S/C28H28NO9P/c1-4-37-39(34,38-5-2)28(17-9-8-10-18(15-17)35-3)29-23(30)16-36-22-14-13-21-24(27(22)33)26(32)20-12-7-6-11-19(20)25(21)31/h6-15,28,33H,4-5,16H2,1-3H3,(H,29,30). The Bertz CT molecular complexity index is 1460. The van der Waals surface area contributed by atoms with Gasteiger partial charge >= 0.3 is 7.60 Å². The van der Waals surface area contributed by atoms with Gasteiger partial charge in [-0.2, -0.15) is 0 Å². The number of amides is 1. The monoisotopic (exact) mass is 553 g/mol. The minimum absolute atomic E-state index is 0.0421. The van der Waals surface area contributed by atoms with Gasteiger partial charge in [-0.3, -0.25) is 18.9 Å². The maximum Gasteiger partial charge on any atom is 0.357 e. The van der Waals surface area contributed by atoms with Gasteiger partial charge in [0.1, 0.15) is 5.75 Å². The number of methoxy groups -OCH3 is 1. The predicted molar refractivity (Wildman–Crippen MR) is 142 cm³/mol. The summed E-state index contributed by atoms with van der Waals surface area (Å²) in [4.78, 5) is 38.9. The third kappa shape index (κ3) is 5.59. The number of phenols is 1. The molecule has 2 N–H and O–H groups in total. The van der Waals surface area contributed by atoms with Crippen LogP contribution in [-0.2, 0) is 18.4 Å². The molecule has 0 saturated heterocycles. The molecule has 0 aromatic heterocycles. The fourth-order valence-corrected chi connectivity index (χ4v) is 6.23. The molecule has 39 heavy (non-hydrogen) atoms. The first-order valence-corrected chi connectivity index (χ1v) is 13.8. The molecule has 0 saturated carbocycles. The zero-order valence-corrected chi connectivity index (χ0v) is 22.5. The summed E-state index contributed by atoms with van der Waals surface area (Å²) in [6, 6.07) is 15.6. The molecule has 0 radical (unpaired) electrons. The number of carbonyl (C=O) groups is 3. The summed E-state index contributed by atoms with van der Waals surface area (Å²) in [6.07, 6.45) is 0. The molecular formula is C28H28NO9P. The van der Waals surface area contributed by atoms with Crippen LogP contribution in [0.4, 0.5) is 0 Å². The molecule has 1 atom stereocenters. The van der Waals surface area contributed by atoms with Crippen molar-refractivity contribution in [3.05, 3.63) is 88.5 Å². The maximum atomic E-state index is 13.7. The number of ketones is 2. The Morgan fingerprint density at radius 1 is 0.923 bits per heavy atom. The van der Waals surface area contributed by atoms with E-state index in [0.717, 1.165) is 0 Å². The molecule has 0 bridgehead atoms. The van der Waals surface area contributed by atoms with Crippen LogP contribution in [0, 0.1) is 0 Å². The van der Waals surface area contributed by atoms with Gasteiger partial charge < -0.3 is 28.9 Å². The minimum Gasteiger partial charge on any atom is -0.504 e. The Morgan fingerprint density at radius 3 is 2.23 bits per heavy atom. The third-order valence-corrected chi connectivity index (χ3v) is 8.33. The number of ether oxygens (including phenoxy) is 2. The third-order valence-electron chi connectivity index (χ3n) is 6.03. The van der Waals surface area contributed by atoms with E-state index in [1.165, 1.54) is 25.3 Å². The van der Waals surface area contributed by atoms with Crippen molar-refractivity contribution in [2.75, 3.05) is 26.9 Å². The zero-order chi connectivity index (χ0) is 28.2. The SMILES string of the molecule is CCOP(=O)(OCC)C(NC(=O)COc1ccc2c(c1O)C(=O)c1ccccc1C2=O)c1cccc(OC)c1. The van der Waals surface area contributed by atoms with E-state index in [2.05, 4.69) is 5.32 Å². The highest BCUT2D eigenvalue weighted by Crippen LogP contribution is 2.59. The first-order valence-electron chi connectivity index (χ1n) is 12.2. The van der Waals surface area contributed by atoms with Crippen molar-refractivity contribution < 1.29 is 42.6 Å². The fourth-order valence-electron chi connectivity index (χ4n) is 4.31. The minimum atomic E-state index is -3.88. The Balaban J connectivity index is 1.57. The van der Waals surface area contributed by atoms with Crippen LogP contribution in [0.2, 0.25) is 0 Å². The van der Waals surface area contributed by atoms with E-state index >= 15 is 0 Å². The number of hydrogen-bond acceptors (Lipinski definition) is 9. The number of rotatable bonds is 11. The summed E-state index contributed by atoms with van der Waals surface area (Å²) in [7, 11) is -2.40. The summed E-state index contributed by atoms with van der Waals surface area (Å²) >= 11 is 0. The van der Waals surface area contributed by atoms with Crippen molar-refractivity contribution >= 4 is 25.1 Å². The van der Waals surface area contributed by atoms with Gasteiger partial charge in [-0.1, -0.05) is 36.4 Å². The summed E-state index contributed by atoms with van der Waals surface area (Å²) in [6.45, 7) is 2.85. The normalized spacial score (nSPS) is 13.3. The van der Waals surface area contributed by atoms with Gasteiger partial charge in [-0.25, -0.2) is 0 Å². The van der Waals surface area contributed by atoms with Gasteiger partial charge in [0.05, 0.1) is 25.9 Å². The van der Waals surface area contributed by atoms with E-state index in [-0.39, 0.29) is 41.2 Å². The van der Waals surface area contributed by atoms with Crippen molar-refractivity contribution in [3.63, 3.8) is 0 Å². The molecule has 1 unspecified atom stereocenters. The predicted octanol–water partition coefficient (Wildman–Crippen LogP) is 4.64. The van der Waals surface area contributed by atoms with Crippen LogP contribution in [0.25, 0.3) is 0 Å². The van der Waals surface area contributed by atoms with Gasteiger partial charge in [0.25, 0.3) is 5.91 Å². The highest BCUT2D eigenvalue weighted by Gasteiger charge is 2.39. The highest BCUT2D eigenvalue weighted by molar-refractivity contribution is 7.54. The molecule has 11 heteroatoms. The molecule has 3 aromatic carbocycles. The van der Waals surface area contributed by atoms with Crippen LogP contribution in [0.15, 0.2) is 60.7 Å². The van der Waals surface area contributed by atoms with E-state index < -0.39 is 43.2 Å². The maximum absolute atomic E-state index is 13.7. The molecule has 204 valence electrons. The van der Waals surface area contributed by atoms with Gasteiger partial charge in [0.15, 0.2) is 35.5 Å². The van der Waals surface area contributed by atoms with Gasteiger partial charge in [-0.15, -0.1) is 0 Å². The van der Waals surface area contributed by atoms with Crippen LogP contribution in [0.1, 0.15) is 57.0 Å². The van der Waals surface area contributed by atoms with Crippen molar-refractivity contribution in [2.24, 2.45) is 0 Å². The second-order valence-electron chi connectivity index (χ2n) is 8.45. The summed E-state index contributed by atoms with van der Waals surface area (Å²) in [5.41, 5.74) is 0.693. The fraction of sp³-hybridized carbons (Fsp3) is 0.250. The topological polar surface area (TPSA) is 137 Å². The van der Waals surface area contributed by atoms with Gasteiger partial charge in [0.2, 0.25) is 0 Å². The smallest absolute Gasteiger partial charge is 0.357 e. The Kier molecular flexibility index (Phi) is 8.50. The quantitative estimate of drug-likeness (QED) is 0.255. The van der Waals surface area contributed by atoms with Crippen LogP contribution < -0.4 is 14.8 Å². The number of carbonyl (C=O) groups excluding carboxylic acids is 3. The molecule has 0 fully saturated rings. The average Bonchev–Trinajstić information content (AvgIpc) is 2.94. The number of aromatic hydroxyl groups is 1. The molecular weight excluding hydrogens is 525 g/mol. The lowest BCUT2D eigenvalue weighted by Crippen LogP contribution is -2.33. The summed E-state index contributed by atoms with van der Waals surface area (Å²) < 4.78 is 35.4. The molecule has 0 aliphatic heterocycles. The molecule has 1 aliphatic carbocycles. The lowest BCUT2D eigenvalue weighted by atomic mass is 9.83. The molecule has 4 rings (SSSR count). The first kappa shape index (κ1) is 28.0. The van der Waals surface area contributed by atoms with Gasteiger partial charge in [0, 0.05) is 16.7 Å². The van der Waals surface area contributed by atoms with Crippen LogP contribution in [0.3, 0.4) is 0 Å². The Morgan fingerprint density at radius 2 is 1.59 bits per heavy atom. The largest absolute Gasteiger partial charge is 0.504 e. The molecule has 0 spiro atoms. The van der Waals surface area contributed by atoms with Crippen LogP contribution in [-0.4, -0.2) is 49.5 Å². The Labute approximate surface area is 225 Å². The zero-order valence-electron chi connectivity index (χ0n) is 21.6. The van der Waals surface area contributed by atoms with E-state index in [1.807, 2.05) is 0 Å². The number of hydrogen-bond donors (Lipinski definition) is 2. The second-order valence-corrected chi connectivity index (χ2v) is 10.6. The van der Waals surface area contributed by atoms with Crippen LogP contribution >= 0.6 is 7.60 Å². The number of fused-ring (bicyclic) bond motifs is 2. The lowest BCUT2D eigenvalue weighted by molar-refractivity contribution is -0.123. The van der Waals surface area contributed by atoms with Gasteiger partial charge in [-0.05, 0) is 43.7 Å². The summed E-state index contributed by atoms with van der Waals surface area (Å²) in [5, 5.41) is 13.5. The van der Waals surface area contributed by atoms with Crippen molar-refractivity contribution in [3.8, 4) is 17.2 Å². The number of phenolic OH excluding ortho intramolecular Hbond substituents is 1.